The summed E-state index contributed by atoms with van der Waals surface area (Å²) in [4.78, 5) is 18.4. The second-order valence-electron chi connectivity index (χ2n) is 6.86. The molecule has 1 aliphatic rings. The first-order chi connectivity index (χ1) is 13.8. The maximum Gasteiger partial charge on any atom is 0.284 e. The van der Waals surface area contributed by atoms with Crippen molar-refractivity contribution in [3.05, 3.63) is 46.4 Å². The van der Waals surface area contributed by atoms with Gasteiger partial charge in [-0.05, 0) is 44.0 Å². The average Bonchev–Trinajstić information content (AvgIpc) is 3.00. The van der Waals surface area contributed by atoms with Gasteiger partial charge in [-0.3, -0.25) is 4.79 Å². The predicted octanol–water partition coefficient (Wildman–Crippen LogP) is 3.70. The molecule has 0 unspecified atom stereocenters. The number of hydrogen-bond donors (Lipinski definition) is 1. The highest BCUT2D eigenvalue weighted by atomic mass is 32.2. The average molecular weight is 433 g/mol. The van der Waals surface area contributed by atoms with Gasteiger partial charge in [0.25, 0.3) is 10.0 Å². The fourth-order valence-corrected chi connectivity index (χ4v) is 4.69. The van der Waals surface area contributed by atoms with Crippen LogP contribution in [-0.2, 0) is 14.8 Å². The van der Waals surface area contributed by atoms with Crippen LogP contribution in [0.4, 0.5) is 5.69 Å². The molecule has 1 saturated heterocycles. The molecular weight excluding hydrogens is 408 g/mol. The van der Waals surface area contributed by atoms with Crippen molar-refractivity contribution in [1.82, 2.24) is 9.88 Å². The maximum atomic E-state index is 12.8. The molecule has 9 heteroatoms. The molecule has 0 atom stereocenters. The molecule has 154 valence electrons. The molecule has 2 aromatic rings. The van der Waals surface area contributed by atoms with Gasteiger partial charge in [0.15, 0.2) is 0 Å². The lowest BCUT2D eigenvalue weighted by molar-refractivity contribution is -0.111. The van der Waals surface area contributed by atoms with Crippen LogP contribution in [0.5, 0.6) is 0 Å². The lowest BCUT2D eigenvalue weighted by atomic mass is 10.2. The summed E-state index contributed by atoms with van der Waals surface area (Å²) < 4.78 is 29.6. The zero-order valence-corrected chi connectivity index (χ0v) is 18.1. The van der Waals surface area contributed by atoms with Gasteiger partial charge in [0, 0.05) is 37.2 Å². The summed E-state index contributed by atoms with van der Waals surface area (Å²) in [7, 11) is -1.98. The first kappa shape index (κ1) is 21.2. The van der Waals surface area contributed by atoms with E-state index in [1.807, 2.05) is 24.3 Å². The Labute approximate surface area is 175 Å². The summed E-state index contributed by atoms with van der Waals surface area (Å²) in [5.74, 6) is 0.221. The Kier molecular flexibility index (Phi) is 6.81. The lowest BCUT2D eigenvalue weighted by Crippen LogP contribution is -2.26. The summed E-state index contributed by atoms with van der Waals surface area (Å²) in [5.41, 5.74) is 1.10. The van der Waals surface area contributed by atoms with Crippen LogP contribution in [0.3, 0.4) is 0 Å². The van der Waals surface area contributed by atoms with Crippen LogP contribution >= 0.6 is 11.3 Å². The van der Waals surface area contributed by atoms with Crippen molar-refractivity contribution in [3.8, 4) is 0 Å². The Hall–Kier alpha value is -2.52. The van der Waals surface area contributed by atoms with Crippen LogP contribution in [0, 0.1) is 6.92 Å². The van der Waals surface area contributed by atoms with Crippen molar-refractivity contribution in [1.29, 1.82) is 0 Å². The first-order valence-corrected chi connectivity index (χ1v) is 11.7. The highest BCUT2D eigenvalue weighted by Crippen LogP contribution is 2.20. The Morgan fingerprint density at radius 2 is 2.14 bits per heavy atom. The number of benzene rings is 1. The summed E-state index contributed by atoms with van der Waals surface area (Å²) >= 11 is 1.50. The zero-order chi connectivity index (χ0) is 20.9. The Morgan fingerprint density at radius 3 is 2.90 bits per heavy atom. The predicted molar refractivity (Wildman–Crippen MR) is 117 cm³/mol. The van der Waals surface area contributed by atoms with Gasteiger partial charge in [-0.15, -0.1) is 15.7 Å². The maximum absolute atomic E-state index is 12.8. The second-order valence-corrected chi connectivity index (χ2v) is 9.52. The van der Waals surface area contributed by atoms with Gasteiger partial charge < -0.3 is 10.2 Å². The molecule has 3 rings (SSSR count). The molecule has 7 nitrogen and oxygen atoms in total. The fourth-order valence-electron chi connectivity index (χ4n) is 2.97. The molecule has 1 amide bonds. The van der Waals surface area contributed by atoms with Gasteiger partial charge in [0.2, 0.25) is 5.91 Å². The van der Waals surface area contributed by atoms with Crippen LogP contribution in [-0.4, -0.2) is 43.6 Å². The number of aryl methyl sites for hydroxylation is 1. The van der Waals surface area contributed by atoms with E-state index in [0.717, 1.165) is 30.8 Å². The summed E-state index contributed by atoms with van der Waals surface area (Å²) in [6.07, 6.45) is 6.67. The molecule has 1 N–H and O–H groups in total. The minimum atomic E-state index is -3.85. The molecule has 0 radical (unpaired) electrons. The van der Waals surface area contributed by atoms with E-state index in [-0.39, 0.29) is 10.8 Å². The molecule has 1 aliphatic heterocycles. The number of carbonyl (C=O) groups is 1. The van der Waals surface area contributed by atoms with Gasteiger partial charge in [0.05, 0.1) is 15.6 Å². The van der Waals surface area contributed by atoms with Gasteiger partial charge in [-0.25, -0.2) is 4.98 Å². The number of nitrogens with zero attached hydrogens (tertiary/aromatic N) is 3. The number of amides is 1. The van der Waals surface area contributed by atoms with E-state index in [0.29, 0.717) is 23.6 Å². The van der Waals surface area contributed by atoms with E-state index >= 15 is 0 Å². The Morgan fingerprint density at radius 1 is 1.31 bits per heavy atom. The van der Waals surface area contributed by atoms with E-state index in [1.54, 1.807) is 18.2 Å². The highest BCUT2D eigenvalue weighted by molar-refractivity contribution is 7.90. The lowest BCUT2D eigenvalue weighted by Gasteiger charge is -2.17. The number of sulfonamides is 1. The summed E-state index contributed by atoms with van der Waals surface area (Å²) in [6.45, 7) is 2.69. The number of hydrogen-bond acceptors (Lipinski definition) is 5. The van der Waals surface area contributed by atoms with Gasteiger partial charge >= 0.3 is 0 Å². The van der Waals surface area contributed by atoms with Crippen LogP contribution in [0.1, 0.15) is 36.4 Å². The van der Waals surface area contributed by atoms with E-state index in [9.17, 15) is 13.2 Å². The number of anilines is 1. The van der Waals surface area contributed by atoms with E-state index in [4.69, 9.17) is 0 Å². The summed E-state index contributed by atoms with van der Waals surface area (Å²) in [5, 5.41) is 5.46. The quantitative estimate of drug-likeness (QED) is 0.728. The molecule has 1 aromatic heterocycles. The smallest absolute Gasteiger partial charge is 0.284 e. The molecule has 0 bridgehead atoms. The number of nitrogens with one attached hydrogen (secondary N) is 1. The van der Waals surface area contributed by atoms with Gasteiger partial charge in [-0.1, -0.05) is 12.5 Å². The van der Waals surface area contributed by atoms with Gasteiger partial charge in [-0.2, -0.15) is 8.42 Å². The standard InChI is InChI=1S/C20H24N4O3S2/c1-15-21-17(14-28-15)10-11-20(25)22-16-7-6-8-18(13-16)29(26,27)23-19-9-4-3-5-12-24(19)2/h6-8,10-11,13-14H,3-5,9,12H2,1-2H3,(H,22,25). The van der Waals surface area contributed by atoms with Crippen molar-refractivity contribution in [2.75, 3.05) is 18.9 Å². The molecule has 0 aliphatic carbocycles. The molecule has 29 heavy (non-hydrogen) atoms. The minimum absolute atomic E-state index is 0.0551. The summed E-state index contributed by atoms with van der Waals surface area (Å²) in [6, 6.07) is 6.14. The Balaban J connectivity index is 1.74. The SMILES string of the molecule is Cc1nc(C=CC(=O)Nc2cccc(S(=O)(=O)N=C3CCCCCN3C)c2)cs1. The molecule has 1 aromatic carbocycles. The number of amidine groups is 1. The van der Waals surface area contributed by atoms with Crippen LogP contribution in [0.25, 0.3) is 6.08 Å². The number of aromatic nitrogens is 1. The highest BCUT2D eigenvalue weighted by Gasteiger charge is 2.18. The molecule has 0 saturated carbocycles. The monoisotopic (exact) mass is 432 g/mol. The number of likely N-dealkylation sites (tertiary alicyclic amines) is 1. The van der Waals surface area contributed by atoms with Crippen molar-refractivity contribution >= 4 is 44.9 Å². The number of rotatable bonds is 5. The molecule has 2 heterocycles. The minimum Gasteiger partial charge on any atom is -0.362 e. The van der Waals surface area contributed by atoms with Crippen LogP contribution in [0.15, 0.2) is 45.0 Å². The molecule has 0 spiro atoms. The fraction of sp³-hybridized carbons (Fsp3) is 0.350. The van der Waals surface area contributed by atoms with Gasteiger partial charge in [0.1, 0.15) is 5.84 Å². The number of thiazole rings is 1. The topological polar surface area (TPSA) is 91.7 Å². The van der Waals surface area contributed by atoms with Crippen molar-refractivity contribution < 1.29 is 13.2 Å². The third-order valence-electron chi connectivity index (χ3n) is 4.50. The first-order valence-electron chi connectivity index (χ1n) is 9.40. The zero-order valence-electron chi connectivity index (χ0n) is 16.5. The molecule has 1 fully saturated rings. The van der Waals surface area contributed by atoms with Crippen molar-refractivity contribution in [2.45, 2.75) is 37.5 Å². The molecular formula is C20H24N4O3S2. The third-order valence-corrected chi connectivity index (χ3v) is 6.59. The number of carbonyl (C=O) groups excluding carboxylic acids is 1. The van der Waals surface area contributed by atoms with E-state index in [2.05, 4.69) is 14.7 Å². The largest absolute Gasteiger partial charge is 0.362 e. The van der Waals surface area contributed by atoms with E-state index in [1.165, 1.54) is 29.5 Å². The third kappa shape index (κ3) is 5.98. The van der Waals surface area contributed by atoms with Crippen LogP contribution in [0.2, 0.25) is 0 Å². The normalized spacial score (nSPS) is 16.9. The van der Waals surface area contributed by atoms with Crippen molar-refractivity contribution in [2.24, 2.45) is 4.40 Å². The second kappa shape index (κ2) is 9.32. The Bertz CT molecular complexity index is 1040. The van der Waals surface area contributed by atoms with Crippen molar-refractivity contribution in [3.63, 3.8) is 0 Å². The van der Waals surface area contributed by atoms with E-state index < -0.39 is 10.0 Å². The van der Waals surface area contributed by atoms with Crippen LogP contribution < -0.4 is 5.32 Å².